The van der Waals surface area contributed by atoms with Gasteiger partial charge >= 0.3 is 0 Å². The molecule has 0 amide bonds. The van der Waals surface area contributed by atoms with Crippen molar-refractivity contribution < 1.29 is 13.2 Å². The first-order valence-electron chi connectivity index (χ1n) is 6.04. The zero-order valence-corrected chi connectivity index (χ0v) is 11.4. The van der Waals surface area contributed by atoms with Crippen molar-refractivity contribution in [2.45, 2.75) is 6.67 Å². The monoisotopic (exact) mass is 309 g/mol. The third-order valence-corrected chi connectivity index (χ3v) is 3.31. The summed E-state index contributed by atoms with van der Waals surface area (Å²) in [6.45, 7) is -0.758. The summed E-state index contributed by atoms with van der Waals surface area (Å²) < 4.78 is 31.4. The Morgan fingerprint density at radius 1 is 1.33 bits per heavy atom. The Labute approximate surface area is 123 Å². The molecule has 0 aliphatic rings. The summed E-state index contributed by atoms with van der Waals surface area (Å²) in [7, 11) is 0. The first-order valence-corrected chi connectivity index (χ1v) is 6.42. The van der Waals surface area contributed by atoms with Gasteiger partial charge in [0.25, 0.3) is 0 Å². The van der Waals surface area contributed by atoms with Gasteiger partial charge in [-0.3, -0.25) is 4.98 Å². The molecule has 108 valence electrons. The fraction of sp³-hybridized carbons (Fsp3) is 0.0714. The minimum atomic E-state index is -0.758. The van der Waals surface area contributed by atoms with E-state index in [1.165, 1.54) is 24.4 Å². The van der Waals surface area contributed by atoms with E-state index in [0.29, 0.717) is 16.8 Å². The molecule has 2 aromatic heterocycles. The number of aromatic nitrogens is 1. The highest BCUT2D eigenvalue weighted by Gasteiger charge is 2.16. The SMILES string of the molecule is Nc1oc2c(CF)nccc2c1Nc1ccc(F)c(Cl)c1. The van der Waals surface area contributed by atoms with E-state index in [1.54, 1.807) is 6.07 Å². The van der Waals surface area contributed by atoms with Crippen molar-refractivity contribution in [3.05, 3.63) is 47.0 Å². The second kappa shape index (κ2) is 5.21. The lowest BCUT2D eigenvalue weighted by atomic mass is 10.2. The summed E-state index contributed by atoms with van der Waals surface area (Å²) >= 11 is 5.73. The predicted molar refractivity (Wildman–Crippen MR) is 77.9 cm³/mol. The largest absolute Gasteiger partial charge is 0.437 e. The Morgan fingerprint density at radius 3 is 2.86 bits per heavy atom. The van der Waals surface area contributed by atoms with E-state index in [0.717, 1.165) is 0 Å². The van der Waals surface area contributed by atoms with Crippen LogP contribution in [0.4, 0.5) is 26.0 Å². The van der Waals surface area contributed by atoms with E-state index in [9.17, 15) is 8.78 Å². The number of nitrogens with zero attached hydrogens (tertiary/aromatic N) is 1. The second-order valence-corrected chi connectivity index (χ2v) is 4.77. The van der Waals surface area contributed by atoms with Crippen molar-refractivity contribution in [1.82, 2.24) is 4.98 Å². The lowest BCUT2D eigenvalue weighted by molar-refractivity contribution is 0.472. The molecular weight excluding hydrogens is 300 g/mol. The zero-order chi connectivity index (χ0) is 15.0. The Kier molecular flexibility index (Phi) is 3.39. The molecule has 0 radical (unpaired) electrons. The third kappa shape index (κ3) is 2.38. The number of halogens is 3. The summed E-state index contributed by atoms with van der Waals surface area (Å²) in [4.78, 5) is 3.89. The highest BCUT2D eigenvalue weighted by atomic mass is 35.5. The van der Waals surface area contributed by atoms with Gasteiger partial charge in [-0.05, 0) is 24.3 Å². The van der Waals surface area contributed by atoms with Crippen LogP contribution in [0.2, 0.25) is 5.02 Å². The number of nitrogens with two attached hydrogens (primary N) is 1. The number of nitrogens with one attached hydrogen (secondary N) is 1. The highest BCUT2D eigenvalue weighted by Crippen LogP contribution is 2.36. The number of rotatable bonds is 3. The highest BCUT2D eigenvalue weighted by molar-refractivity contribution is 6.31. The zero-order valence-electron chi connectivity index (χ0n) is 10.7. The van der Waals surface area contributed by atoms with Crippen LogP contribution in [-0.2, 0) is 6.67 Å². The van der Waals surface area contributed by atoms with Gasteiger partial charge in [0.2, 0.25) is 5.88 Å². The molecule has 2 heterocycles. The average Bonchev–Trinajstić information content (AvgIpc) is 2.79. The van der Waals surface area contributed by atoms with E-state index in [1.807, 2.05) is 0 Å². The molecule has 3 aromatic rings. The van der Waals surface area contributed by atoms with Crippen LogP contribution in [0.15, 0.2) is 34.9 Å². The molecule has 0 fully saturated rings. The van der Waals surface area contributed by atoms with Crippen LogP contribution in [0, 0.1) is 5.82 Å². The molecule has 21 heavy (non-hydrogen) atoms. The number of nitrogen functional groups attached to an aromatic ring is 1. The minimum Gasteiger partial charge on any atom is -0.437 e. The van der Waals surface area contributed by atoms with E-state index in [4.69, 9.17) is 21.8 Å². The van der Waals surface area contributed by atoms with Crippen LogP contribution in [0.3, 0.4) is 0 Å². The molecular formula is C14H10ClF2N3O. The van der Waals surface area contributed by atoms with Crippen molar-refractivity contribution in [3.63, 3.8) is 0 Å². The van der Waals surface area contributed by atoms with Crippen LogP contribution in [0.1, 0.15) is 5.69 Å². The maximum atomic E-state index is 13.2. The number of anilines is 3. The number of hydrogen-bond acceptors (Lipinski definition) is 4. The Bertz CT molecular complexity index is 819. The maximum Gasteiger partial charge on any atom is 0.215 e. The molecule has 3 rings (SSSR count). The van der Waals surface area contributed by atoms with Gasteiger partial charge in [-0.15, -0.1) is 0 Å². The molecule has 0 saturated carbocycles. The van der Waals surface area contributed by atoms with Gasteiger partial charge in [-0.2, -0.15) is 0 Å². The summed E-state index contributed by atoms with van der Waals surface area (Å²) in [6, 6.07) is 5.82. The van der Waals surface area contributed by atoms with Gasteiger partial charge < -0.3 is 15.5 Å². The van der Waals surface area contributed by atoms with Crippen LogP contribution < -0.4 is 11.1 Å². The van der Waals surface area contributed by atoms with E-state index in [-0.39, 0.29) is 22.2 Å². The molecule has 0 aliphatic heterocycles. The summed E-state index contributed by atoms with van der Waals surface area (Å²) in [5, 5.41) is 3.57. The lowest BCUT2D eigenvalue weighted by Crippen LogP contribution is -1.94. The van der Waals surface area contributed by atoms with Gasteiger partial charge in [0, 0.05) is 17.3 Å². The lowest BCUT2D eigenvalue weighted by Gasteiger charge is -2.06. The molecule has 7 heteroatoms. The van der Waals surface area contributed by atoms with E-state index in [2.05, 4.69) is 10.3 Å². The minimum absolute atomic E-state index is 0.0162. The van der Waals surface area contributed by atoms with Crippen LogP contribution in [-0.4, -0.2) is 4.98 Å². The van der Waals surface area contributed by atoms with Crippen LogP contribution >= 0.6 is 11.6 Å². The molecule has 0 bridgehead atoms. The van der Waals surface area contributed by atoms with Gasteiger partial charge in [0.1, 0.15) is 23.9 Å². The fourth-order valence-electron chi connectivity index (χ4n) is 2.04. The molecule has 1 aromatic carbocycles. The smallest absolute Gasteiger partial charge is 0.215 e. The van der Waals surface area contributed by atoms with E-state index < -0.39 is 12.5 Å². The molecule has 4 nitrogen and oxygen atoms in total. The standard InChI is InChI=1S/C14H10ClF2N3O/c15-9-5-7(1-2-10(9)17)20-12-8-3-4-19-11(6-16)13(8)21-14(12)18/h1-5,20H,6,18H2. The maximum absolute atomic E-state index is 13.2. The Hall–Kier alpha value is -2.34. The van der Waals surface area contributed by atoms with E-state index >= 15 is 0 Å². The third-order valence-electron chi connectivity index (χ3n) is 3.02. The molecule has 0 unspecified atom stereocenters. The first-order chi connectivity index (χ1) is 10.1. The normalized spacial score (nSPS) is 11.0. The Morgan fingerprint density at radius 2 is 2.14 bits per heavy atom. The summed E-state index contributed by atoms with van der Waals surface area (Å²) in [6.07, 6.45) is 1.47. The number of hydrogen-bond donors (Lipinski definition) is 2. The quantitative estimate of drug-likeness (QED) is 0.752. The fourth-order valence-corrected chi connectivity index (χ4v) is 2.22. The molecule has 3 N–H and O–H groups in total. The predicted octanol–water partition coefficient (Wildman–Crippen LogP) is 4.42. The molecule has 0 aliphatic carbocycles. The van der Waals surface area contributed by atoms with Crippen molar-refractivity contribution in [2.75, 3.05) is 11.1 Å². The summed E-state index contributed by atoms with van der Waals surface area (Å²) in [5.74, 6) is -0.427. The molecule has 0 saturated heterocycles. The number of benzene rings is 1. The van der Waals surface area contributed by atoms with Gasteiger partial charge in [0.05, 0.1) is 5.02 Å². The number of furan rings is 1. The van der Waals surface area contributed by atoms with Gasteiger partial charge in [-0.25, -0.2) is 8.78 Å². The van der Waals surface area contributed by atoms with Crippen LogP contribution in [0.25, 0.3) is 11.0 Å². The Balaban J connectivity index is 2.08. The van der Waals surface area contributed by atoms with Crippen molar-refractivity contribution in [3.8, 4) is 0 Å². The summed E-state index contributed by atoms with van der Waals surface area (Å²) in [5.41, 5.74) is 7.26. The van der Waals surface area contributed by atoms with Crippen molar-refractivity contribution in [1.29, 1.82) is 0 Å². The molecule has 0 spiro atoms. The number of pyridine rings is 1. The number of fused-ring (bicyclic) bond motifs is 1. The number of alkyl halides is 1. The average molecular weight is 310 g/mol. The van der Waals surface area contributed by atoms with Crippen molar-refractivity contribution in [2.24, 2.45) is 0 Å². The second-order valence-electron chi connectivity index (χ2n) is 4.36. The first kappa shape index (κ1) is 13.6. The topological polar surface area (TPSA) is 64.1 Å². The van der Waals surface area contributed by atoms with Gasteiger partial charge in [-0.1, -0.05) is 11.6 Å². The van der Waals surface area contributed by atoms with Crippen molar-refractivity contribution >= 4 is 39.8 Å². The molecule has 0 atom stereocenters. The van der Waals surface area contributed by atoms with Gasteiger partial charge in [0.15, 0.2) is 5.58 Å². The van der Waals surface area contributed by atoms with Crippen LogP contribution in [0.5, 0.6) is 0 Å².